The number of halogens is 1. The number of benzene rings is 2. The van der Waals surface area contributed by atoms with E-state index in [-0.39, 0.29) is 5.75 Å². The van der Waals surface area contributed by atoms with Gasteiger partial charge in [0.25, 0.3) is 0 Å². The molecule has 2 aromatic carbocycles. The number of hydrogen-bond acceptors (Lipinski definition) is 5. The molecule has 0 atom stereocenters. The van der Waals surface area contributed by atoms with Gasteiger partial charge in [0.1, 0.15) is 17.0 Å². The van der Waals surface area contributed by atoms with Crippen molar-refractivity contribution in [2.75, 3.05) is 7.05 Å². The molecule has 4 aromatic rings. The molecule has 5 nitrogen and oxygen atoms in total. The van der Waals surface area contributed by atoms with Gasteiger partial charge in [0.2, 0.25) is 4.80 Å². The van der Waals surface area contributed by atoms with E-state index < -0.39 is 0 Å². The average molecular weight is 428 g/mol. The molecule has 2 heterocycles. The van der Waals surface area contributed by atoms with E-state index in [1.54, 1.807) is 36.1 Å². The fourth-order valence-electron chi connectivity index (χ4n) is 2.59. The zero-order valence-electron chi connectivity index (χ0n) is 13.8. The molecule has 0 saturated heterocycles. The third-order valence-electron chi connectivity index (χ3n) is 3.86. The summed E-state index contributed by atoms with van der Waals surface area (Å²) in [5.74, 6) is 0.876. The maximum atomic E-state index is 10.0. The Kier molecular flexibility index (Phi) is 4.48. The largest absolute Gasteiger partial charge is 0.507 e. The molecular weight excluding hydrogens is 414 g/mol. The molecular formula is C19H14BrN3O2S. The van der Waals surface area contributed by atoms with Gasteiger partial charge in [0.15, 0.2) is 5.76 Å². The van der Waals surface area contributed by atoms with Crippen LogP contribution in [0.4, 0.5) is 0 Å². The van der Waals surface area contributed by atoms with Gasteiger partial charge in [0, 0.05) is 27.9 Å². The molecule has 0 amide bonds. The summed E-state index contributed by atoms with van der Waals surface area (Å²) in [6, 6.07) is 15.0. The predicted molar refractivity (Wildman–Crippen MR) is 108 cm³/mol. The molecule has 4 rings (SSSR count). The molecule has 0 aliphatic carbocycles. The number of aromatic hydroxyl groups is 1. The summed E-state index contributed by atoms with van der Waals surface area (Å²) in [5, 5.41) is 17.5. The molecule has 2 aromatic heterocycles. The topological polar surface area (TPSA) is 63.0 Å². The number of phenolic OH excluding ortho intramolecular Hbond substituents is 1. The highest BCUT2D eigenvalue weighted by Gasteiger charge is 2.12. The van der Waals surface area contributed by atoms with E-state index in [0.717, 1.165) is 25.9 Å². The summed E-state index contributed by atoms with van der Waals surface area (Å²) < 4.78 is 8.54. The van der Waals surface area contributed by atoms with E-state index in [2.05, 4.69) is 26.0 Å². The predicted octanol–water partition coefficient (Wildman–Crippen LogP) is 4.84. The number of furan rings is 1. The first kappa shape index (κ1) is 16.8. The smallest absolute Gasteiger partial charge is 0.206 e. The number of phenols is 1. The van der Waals surface area contributed by atoms with Crippen molar-refractivity contribution in [3.8, 4) is 17.2 Å². The first-order valence-electron chi connectivity index (χ1n) is 7.81. The van der Waals surface area contributed by atoms with Gasteiger partial charge in [-0.25, -0.2) is 4.68 Å². The van der Waals surface area contributed by atoms with Crippen LogP contribution in [-0.2, 0) is 0 Å². The number of para-hydroxylation sites is 1. The quantitative estimate of drug-likeness (QED) is 0.475. The standard InChI is InChI=1S/C19H14BrN3O2S/c1-21-19-23(22-10-13-8-14(20)6-7-16(13)24)15(11-26-19)18-9-12-4-2-3-5-17(12)25-18/h2-11,24H,1H3. The number of nitrogens with zero attached hydrogens (tertiary/aromatic N) is 3. The lowest BCUT2D eigenvalue weighted by atomic mass is 10.2. The van der Waals surface area contributed by atoms with Crippen LogP contribution in [0.3, 0.4) is 0 Å². The lowest BCUT2D eigenvalue weighted by Crippen LogP contribution is -2.11. The van der Waals surface area contributed by atoms with Gasteiger partial charge in [-0.15, -0.1) is 11.3 Å². The van der Waals surface area contributed by atoms with Crippen LogP contribution in [0.1, 0.15) is 5.56 Å². The highest BCUT2D eigenvalue weighted by Crippen LogP contribution is 2.28. The Labute approximate surface area is 161 Å². The molecule has 0 bridgehead atoms. The van der Waals surface area contributed by atoms with Gasteiger partial charge in [-0.3, -0.25) is 4.99 Å². The minimum atomic E-state index is 0.160. The van der Waals surface area contributed by atoms with E-state index in [9.17, 15) is 5.11 Å². The number of fused-ring (bicyclic) bond motifs is 1. The summed E-state index contributed by atoms with van der Waals surface area (Å²) in [6.45, 7) is 0. The van der Waals surface area contributed by atoms with Crippen molar-refractivity contribution in [2.45, 2.75) is 0 Å². The van der Waals surface area contributed by atoms with Gasteiger partial charge in [-0.05, 0) is 30.3 Å². The van der Waals surface area contributed by atoms with Crippen molar-refractivity contribution in [3.63, 3.8) is 0 Å². The molecule has 26 heavy (non-hydrogen) atoms. The fraction of sp³-hybridized carbons (Fsp3) is 0.0526. The lowest BCUT2D eigenvalue weighted by molar-refractivity contribution is 0.474. The summed E-state index contributed by atoms with van der Waals surface area (Å²) >= 11 is 4.88. The van der Waals surface area contributed by atoms with Gasteiger partial charge < -0.3 is 9.52 Å². The van der Waals surface area contributed by atoms with Gasteiger partial charge >= 0.3 is 0 Å². The molecule has 0 saturated carbocycles. The minimum absolute atomic E-state index is 0.160. The zero-order valence-corrected chi connectivity index (χ0v) is 16.2. The second-order valence-electron chi connectivity index (χ2n) is 5.54. The molecule has 0 spiro atoms. The third kappa shape index (κ3) is 3.11. The molecule has 0 radical (unpaired) electrons. The van der Waals surface area contributed by atoms with Gasteiger partial charge in [-0.1, -0.05) is 34.1 Å². The van der Waals surface area contributed by atoms with Crippen LogP contribution in [0.15, 0.2) is 72.9 Å². The van der Waals surface area contributed by atoms with Crippen LogP contribution in [0.5, 0.6) is 5.75 Å². The number of thiazole rings is 1. The maximum Gasteiger partial charge on any atom is 0.206 e. The maximum absolute atomic E-state index is 10.0. The van der Waals surface area contributed by atoms with Crippen molar-refractivity contribution in [1.29, 1.82) is 0 Å². The first-order valence-corrected chi connectivity index (χ1v) is 9.48. The number of hydrogen-bond donors (Lipinski definition) is 1. The van der Waals surface area contributed by atoms with Crippen LogP contribution < -0.4 is 4.80 Å². The molecule has 130 valence electrons. The second-order valence-corrected chi connectivity index (χ2v) is 7.29. The van der Waals surface area contributed by atoms with Crippen LogP contribution in [0.2, 0.25) is 0 Å². The van der Waals surface area contributed by atoms with Crippen molar-refractivity contribution >= 4 is 44.5 Å². The average Bonchev–Trinajstić information content (AvgIpc) is 3.25. The Balaban J connectivity index is 1.82. The second kappa shape index (κ2) is 6.93. The Bertz CT molecular complexity index is 1150. The van der Waals surface area contributed by atoms with Gasteiger partial charge in [0.05, 0.1) is 6.21 Å². The Morgan fingerprint density at radius 3 is 2.85 bits per heavy atom. The summed E-state index contributed by atoms with van der Waals surface area (Å²) in [6.07, 6.45) is 1.60. The molecule has 0 fully saturated rings. The van der Waals surface area contributed by atoms with Crippen molar-refractivity contribution in [1.82, 2.24) is 4.68 Å². The van der Waals surface area contributed by atoms with Crippen molar-refractivity contribution < 1.29 is 9.52 Å². The van der Waals surface area contributed by atoms with Crippen LogP contribution in [-0.4, -0.2) is 23.0 Å². The highest BCUT2D eigenvalue weighted by molar-refractivity contribution is 9.10. The summed E-state index contributed by atoms with van der Waals surface area (Å²) in [7, 11) is 1.72. The van der Waals surface area contributed by atoms with Crippen molar-refractivity contribution in [3.05, 3.63) is 68.7 Å². The molecule has 0 unspecified atom stereocenters. The minimum Gasteiger partial charge on any atom is -0.507 e. The number of aromatic nitrogens is 1. The monoisotopic (exact) mass is 427 g/mol. The molecule has 0 aliphatic heterocycles. The van der Waals surface area contributed by atoms with E-state index >= 15 is 0 Å². The lowest BCUT2D eigenvalue weighted by Gasteiger charge is -2.02. The molecule has 7 heteroatoms. The Morgan fingerprint density at radius 1 is 1.19 bits per heavy atom. The SMILES string of the molecule is CN=c1scc(-c2cc3ccccc3o2)n1N=Cc1cc(Br)ccc1O. The third-order valence-corrected chi connectivity index (χ3v) is 5.26. The summed E-state index contributed by atoms with van der Waals surface area (Å²) in [5.41, 5.74) is 2.23. The van der Waals surface area contributed by atoms with Crippen LogP contribution >= 0.6 is 27.3 Å². The molecule has 0 aliphatic rings. The van der Waals surface area contributed by atoms with Crippen LogP contribution in [0, 0.1) is 0 Å². The highest BCUT2D eigenvalue weighted by atomic mass is 79.9. The normalized spacial score (nSPS) is 12.5. The van der Waals surface area contributed by atoms with Crippen LogP contribution in [0.25, 0.3) is 22.4 Å². The Morgan fingerprint density at radius 2 is 2.04 bits per heavy atom. The summed E-state index contributed by atoms with van der Waals surface area (Å²) in [4.78, 5) is 5.01. The molecule has 1 N–H and O–H groups in total. The fourth-order valence-corrected chi connectivity index (χ4v) is 3.75. The van der Waals surface area contributed by atoms with E-state index in [1.807, 2.05) is 35.7 Å². The first-order chi connectivity index (χ1) is 12.7. The van der Waals surface area contributed by atoms with E-state index in [4.69, 9.17) is 4.42 Å². The van der Waals surface area contributed by atoms with E-state index in [0.29, 0.717) is 11.3 Å². The van der Waals surface area contributed by atoms with Gasteiger partial charge in [-0.2, -0.15) is 5.10 Å². The van der Waals surface area contributed by atoms with E-state index in [1.165, 1.54) is 11.3 Å². The Hall–Kier alpha value is -2.64. The zero-order chi connectivity index (χ0) is 18.1. The van der Waals surface area contributed by atoms with Crippen molar-refractivity contribution in [2.24, 2.45) is 10.1 Å². The number of rotatable bonds is 3.